The first-order valence-corrected chi connectivity index (χ1v) is 12.9. The lowest BCUT2D eigenvalue weighted by molar-refractivity contribution is 0.0592. The summed E-state index contributed by atoms with van der Waals surface area (Å²) in [5.74, 6) is 0.520. The zero-order valence-corrected chi connectivity index (χ0v) is 21.5. The topological polar surface area (TPSA) is 54.8 Å². The molecule has 37 heavy (non-hydrogen) atoms. The molecule has 0 spiro atoms. The van der Waals surface area contributed by atoms with Crippen LogP contribution in [0.15, 0.2) is 85.1 Å². The van der Waals surface area contributed by atoms with Crippen molar-refractivity contribution in [3.05, 3.63) is 102 Å². The molecule has 3 aromatic carbocycles. The fraction of sp³-hybridized carbons (Fsp3) is 0.290. The number of nitrogens with zero attached hydrogens (tertiary/aromatic N) is 3. The van der Waals surface area contributed by atoms with Crippen molar-refractivity contribution in [2.24, 2.45) is 7.05 Å². The van der Waals surface area contributed by atoms with Gasteiger partial charge < -0.3 is 19.1 Å². The van der Waals surface area contributed by atoms with Crippen molar-refractivity contribution in [3.63, 3.8) is 0 Å². The van der Waals surface area contributed by atoms with Crippen LogP contribution in [0.1, 0.15) is 39.1 Å². The molecule has 1 aromatic heterocycles. The predicted molar refractivity (Wildman–Crippen MR) is 146 cm³/mol. The lowest BCUT2D eigenvalue weighted by Gasteiger charge is -2.33. The second-order valence-corrected chi connectivity index (χ2v) is 9.75. The van der Waals surface area contributed by atoms with Crippen LogP contribution in [0.5, 0.6) is 5.75 Å². The molecule has 6 heteroatoms. The number of fused-ring (bicyclic) bond motifs is 2. The average Bonchev–Trinajstić information content (AvgIpc) is 3.27. The van der Waals surface area contributed by atoms with Crippen LogP contribution in [0.25, 0.3) is 10.9 Å². The summed E-state index contributed by atoms with van der Waals surface area (Å²) in [6.45, 7) is 1.50. The van der Waals surface area contributed by atoms with Crippen molar-refractivity contribution in [3.8, 4) is 5.75 Å². The molecular formula is C31H33N3O3. The van der Waals surface area contributed by atoms with Crippen molar-refractivity contribution >= 4 is 22.7 Å². The molecule has 0 radical (unpaired) electrons. The highest BCUT2D eigenvalue weighted by Gasteiger charge is 2.29. The minimum absolute atomic E-state index is 0.0103. The number of hydrogen-bond acceptors (Lipinski definition) is 3. The van der Waals surface area contributed by atoms with Gasteiger partial charge in [0.25, 0.3) is 11.8 Å². The van der Waals surface area contributed by atoms with Crippen LogP contribution in [0.3, 0.4) is 0 Å². The van der Waals surface area contributed by atoms with E-state index in [4.69, 9.17) is 4.74 Å². The number of carbonyl (C=O) groups is 2. The first kappa shape index (κ1) is 24.6. The van der Waals surface area contributed by atoms with E-state index in [1.165, 1.54) is 0 Å². The summed E-state index contributed by atoms with van der Waals surface area (Å²) in [6, 6.07) is 25.4. The van der Waals surface area contributed by atoms with Gasteiger partial charge in [0, 0.05) is 44.3 Å². The van der Waals surface area contributed by atoms with Crippen molar-refractivity contribution in [1.29, 1.82) is 0 Å². The van der Waals surface area contributed by atoms with E-state index in [1.807, 2.05) is 96.5 Å². The summed E-state index contributed by atoms with van der Waals surface area (Å²) < 4.78 is 8.34. The van der Waals surface area contributed by atoms with Crippen molar-refractivity contribution in [2.75, 3.05) is 26.7 Å². The van der Waals surface area contributed by atoms with E-state index in [2.05, 4.69) is 12.1 Å². The Labute approximate surface area is 218 Å². The number of benzene rings is 3. The summed E-state index contributed by atoms with van der Waals surface area (Å²) in [4.78, 5) is 31.0. The number of rotatable bonds is 3. The molecule has 0 fully saturated rings. The van der Waals surface area contributed by atoms with Crippen molar-refractivity contribution in [2.45, 2.75) is 25.3 Å². The average molecular weight is 496 g/mol. The number of para-hydroxylation sites is 2. The second kappa shape index (κ2) is 10.9. The molecule has 2 amide bonds. The van der Waals surface area contributed by atoms with Gasteiger partial charge in [-0.05, 0) is 43.0 Å². The molecule has 5 rings (SSSR count). The summed E-state index contributed by atoms with van der Waals surface area (Å²) in [5.41, 5.74) is 3.43. The normalized spacial score (nSPS) is 17.0. The maximum absolute atomic E-state index is 14.2. The van der Waals surface area contributed by atoms with Crippen LogP contribution in [0.2, 0.25) is 0 Å². The van der Waals surface area contributed by atoms with E-state index in [-0.39, 0.29) is 17.9 Å². The molecule has 0 saturated heterocycles. The third-order valence-electron chi connectivity index (χ3n) is 7.18. The van der Waals surface area contributed by atoms with Crippen molar-refractivity contribution in [1.82, 2.24) is 14.4 Å². The van der Waals surface area contributed by atoms with E-state index in [0.29, 0.717) is 43.0 Å². The Morgan fingerprint density at radius 3 is 2.43 bits per heavy atom. The third-order valence-corrected chi connectivity index (χ3v) is 7.18. The van der Waals surface area contributed by atoms with Gasteiger partial charge in [0.1, 0.15) is 12.4 Å². The number of amides is 2. The molecule has 6 nitrogen and oxygen atoms in total. The second-order valence-electron chi connectivity index (χ2n) is 9.75. The van der Waals surface area contributed by atoms with Gasteiger partial charge >= 0.3 is 0 Å². The van der Waals surface area contributed by atoms with Crippen LogP contribution in [0, 0.1) is 0 Å². The van der Waals surface area contributed by atoms with Gasteiger partial charge in [0.05, 0.1) is 17.2 Å². The Morgan fingerprint density at radius 2 is 1.59 bits per heavy atom. The standard InChI is InChI=1S/C31H33N3O3/c1-32-18-10-11-19-34(31(36)27-21-33(2)28-16-8-6-14-25(27)28)24(20-23-12-4-3-5-13-23)22-37-29-17-9-7-15-26(29)30(32)35/h3-9,12-17,21,24H,10-11,18-20,22H2,1-2H3/t24-/m1/s1. The molecule has 190 valence electrons. The SMILES string of the molecule is CN1CCCCN(C(=O)c2cn(C)c3ccccc23)[C@H](Cc2ccccc2)COc2ccccc2C1=O. The molecule has 0 unspecified atom stereocenters. The maximum Gasteiger partial charge on any atom is 0.257 e. The molecule has 2 heterocycles. The summed E-state index contributed by atoms with van der Waals surface area (Å²) >= 11 is 0. The zero-order valence-electron chi connectivity index (χ0n) is 21.5. The quantitative estimate of drug-likeness (QED) is 0.394. The van der Waals surface area contributed by atoms with Gasteiger partial charge in [-0.3, -0.25) is 9.59 Å². The highest BCUT2D eigenvalue weighted by Crippen LogP contribution is 2.26. The minimum atomic E-state index is -0.200. The molecule has 1 aliphatic heterocycles. The Hall–Kier alpha value is -4.06. The Morgan fingerprint density at radius 1 is 0.892 bits per heavy atom. The van der Waals surface area contributed by atoms with Crippen LogP contribution < -0.4 is 4.74 Å². The first-order chi connectivity index (χ1) is 18.0. The molecule has 0 aliphatic carbocycles. The van der Waals surface area contributed by atoms with Crippen LogP contribution in [0.4, 0.5) is 0 Å². The number of aryl methyl sites for hydroxylation is 1. The maximum atomic E-state index is 14.2. The Balaban J connectivity index is 1.54. The predicted octanol–water partition coefficient (Wildman–Crippen LogP) is 5.18. The van der Waals surface area contributed by atoms with E-state index >= 15 is 0 Å². The van der Waals surface area contributed by atoms with Gasteiger partial charge in [-0.25, -0.2) is 0 Å². The molecule has 0 saturated carbocycles. The lowest BCUT2D eigenvalue weighted by Crippen LogP contribution is -2.46. The molecule has 4 aromatic rings. The molecule has 1 atom stereocenters. The number of ether oxygens (including phenoxy) is 1. The Kier molecular flexibility index (Phi) is 7.26. The van der Waals surface area contributed by atoms with E-state index in [1.54, 1.807) is 4.90 Å². The van der Waals surface area contributed by atoms with Gasteiger partial charge in [-0.15, -0.1) is 0 Å². The zero-order chi connectivity index (χ0) is 25.8. The fourth-order valence-corrected chi connectivity index (χ4v) is 5.16. The minimum Gasteiger partial charge on any atom is -0.491 e. The number of aromatic nitrogens is 1. The van der Waals surface area contributed by atoms with Crippen LogP contribution >= 0.6 is 0 Å². The largest absolute Gasteiger partial charge is 0.491 e. The first-order valence-electron chi connectivity index (χ1n) is 12.9. The van der Waals surface area contributed by atoms with Gasteiger partial charge in [-0.1, -0.05) is 60.7 Å². The molecule has 1 aliphatic rings. The molecule has 0 bridgehead atoms. The number of hydrogen-bond donors (Lipinski definition) is 0. The van der Waals surface area contributed by atoms with Gasteiger partial charge in [0.15, 0.2) is 0 Å². The highest BCUT2D eigenvalue weighted by molar-refractivity contribution is 6.07. The van der Waals surface area contributed by atoms with Crippen LogP contribution in [-0.4, -0.2) is 59.0 Å². The molecular weight excluding hydrogens is 462 g/mol. The van der Waals surface area contributed by atoms with E-state index in [9.17, 15) is 9.59 Å². The monoisotopic (exact) mass is 495 g/mol. The van der Waals surface area contributed by atoms with Crippen molar-refractivity contribution < 1.29 is 14.3 Å². The highest BCUT2D eigenvalue weighted by atomic mass is 16.5. The van der Waals surface area contributed by atoms with E-state index < -0.39 is 0 Å². The summed E-state index contributed by atoms with van der Waals surface area (Å²) in [5, 5.41) is 0.955. The summed E-state index contributed by atoms with van der Waals surface area (Å²) in [7, 11) is 3.80. The fourth-order valence-electron chi connectivity index (χ4n) is 5.16. The lowest BCUT2D eigenvalue weighted by atomic mass is 10.0. The van der Waals surface area contributed by atoms with Crippen LogP contribution in [-0.2, 0) is 13.5 Å². The molecule has 0 N–H and O–H groups in total. The van der Waals surface area contributed by atoms with Gasteiger partial charge in [-0.2, -0.15) is 0 Å². The third kappa shape index (κ3) is 5.24. The number of carbonyl (C=O) groups excluding carboxylic acids is 2. The van der Waals surface area contributed by atoms with Gasteiger partial charge in [0.2, 0.25) is 0 Å². The smallest absolute Gasteiger partial charge is 0.257 e. The van der Waals surface area contributed by atoms with E-state index in [0.717, 1.165) is 29.3 Å². The Bertz CT molecular complexity index is 1400. The summed E-state index contributed by atoms with van der Waals surface area (Å²) in [6.07, 6.45) is 4.20.